The molecule has 0 aromatic heterocycles. The first-order valence-electron chi connectivity index (χ1n) is 3.06. The highest BCUT2D eigenvalue weighted by atomic mass is 14.2. The van der Waals surface area contributed by atoms with Crippen LogP contribution in [0, 0.1) is 11.3 Å². The van der Waals surface area contributed by atoms with E-state index in [0.29, 0.717) is 11.9 Å². The molecule has 1 nitrogen and oxygen atoms in total. The van der Waals surface area contributed by atoms with E-state index in [1.807, 2.05) is 18.2 Å². The molecule has 0 aliphatic heterocycles. The zero-order chi connectivity index (χ0) is 7.40. The Morgan fingerprint density at radius 2 is 2.10 bits per heavy atom. The zero-order valence-electron chi connectivity index (χ0n) is 5.54. The van der Waals surface area contributed by atoms with Gasteiger partial charge in [0.2, 0.25) is 0 Å². The van der Waals surface area contributed by atoms with Crippen LogP contribution < -0.4 is 0 Å². The van der Waals surface area contributed by atoms with Crippen molar-refractivity contribution in [2.75, 3.05) is 0 Å². The van der Waals surface area contributed by atoms with E-state index in [1.165, 1.54) is 0 Å². The van der Waals surface area contributed by atoms with Crippen LogP contribution in [-0.2, 0) is 6.32 Å². The Labute approximate surface area is 61.7 Å². The molecule has 0 atom stereocenters. The minimum absolute atomic E-state index is 0.434. The standard InChI is InChI=1S/C8H6BN/c9-5-7-3-1-2-4-8(7)6-10/h1-4H,5H2. The van der Waals surface area contributed by atoms with Crippen LogP contribution in [0.25, 0.3) is 0 Å². The highest BCUT2D eigenvalue weighted by molar-refractivity contribution is 6.08. The van der Waals surface area contributed by atoms with Crippen molar-refractivity contribution in [2.45, 2.75) is 6.32 Å². The molecule has 2 radical (unpaired) electrons. The molecule has 0 aliphatic rings. The predicted octanol–water partition coefficient (Wildman–Crippen LogP) is 1.23. The van der Waals surface area contributed by atoms with E-state index in [0.717, 1.165) is 5.56 Å². The summed E-state index contributed by atoms with van der Waals surface area (Å²) >= 11 is 0. The van der Waals surface area contributed by atoms with Gasteiger partial charge in [-0.25, -0.2) is 0 Å². The summed E-state index contributed by atoms with van der Waals surface area (Å²) in [6.07, 6.45) is 0.434. The summed E-state index contributed by atoms with van der Waals surface area (Å²) in [5, 5.41) is 8.54. The van der Waals surface area contributed by atoms with E-state index in [-0.39, 0.29) is 0 Å². The molecule has 0 saturated heterocycles. The van der Waals surface area contributed by atoms with Gasteiger partial charge in [-0.2, -0.15) is 5.26 Å². The van der Waals surface area contributed by atoms with Crippen LogP contribution in [-0.4, -0.2) is 7.85 Å². The van der Waals surface area contributed by atoms with E-state index in [4.69, 9.17) is 13.1 Å². The Morgan fingerprint density at radius 3 is 2.60 bits per heavy atom. The zero-order valence-corrected chi connectivity index (χ0v) is 5.54. The molecule has 0 fully saturated rings. The predicted molar refractivity (Wildman–Crippen MR) is 40.6 cm³/mol. The molecule has 1 aromatic rings. The van der Waals surface area contributed by atoms with Crippen molar-refractivity contribution in [2.24, 2.45) is 0 Å². The van der Waals surface area contributed by atoms with Crippen molar-refractivity contribution < 1.29 is 0 Å². The van der Waals surface area contributed by atoms with Crippen LogP contribution >= 0.6 is 0 Å². The second-order valence-corrected chi connectivity index (χ2v) is 1.97. The van der Waals surface area contributed by atoms with Gasteiger partial charge in [-0.3, -0.25) is 0 Å². The van der Waals surface area contributed by atoms with Crippen LogP contribution in [0.1, 0.15) is 11.1 Å². The molecule has 0 bridgehead atoms. The van der Waals surface area contributed by atoms with Crippen molar-refractivity contribution >= 4 is 7.85 Å². The van der Waals surface area contributed by atoms with E-state index in [1.54, 1.807) is 6.07 Å². The summed E-state index contributed by atoms with van der Waals surface area (Å²) in [4.78, 5) is 0. The number of hydrogen-bond donors (Lipinski definition) is 0. The largest absolute Gasteiger partial charge is 0.192 e. The Bertz CT molecular complexity index is 262. The van der Waals surface area contributed by atoms with Gasteiger partial charge in [-0.05, 0) is 11.6 Å². The SMILES string of the molecule is [B]Cc1ccccc1C#N. The molecule has 0 amide bonds. The summed E-state index contributed by atoms with van der Waals surface area (Å²) in [6.45, 7) is 0. The maximum absolute atomic E-state index is 8.54. The van der Waals surface area contributed by atoms with E-state index in [2.05, 4.69) is 6.07 Å². The smallest absolute Gasteiger partial charge is 0.0994 e. The first-order chi connectivity index (χ1) is 4.88. The molecule has 0 N–H and O–H groups in total. The average molecular weight is 127 g/mol. The minimum atomic E-state index is 0.434. The van der Waals surface area contributed by atoms with Gasteiger partial charge < -0.3 is 0 Å². The van der Waals surface area contributed by atoms with Crippen molar-refractivity contribution in [1.29, 1.82) is 5.26 Å². The summed E-state index contributed by atoms with van der Waals surface area (Å²) in [7, 11) is 5.38. The maximum atomic E-state index is 8.54. The molecule has 46 valence electrons. The molecule has 0 unspecified atom stereocenters. The average Bonchev–Trinajstić information content (AvgIpc) is 2.04. The molecular weight excluding hydrogens is 121 g/mol. The summed E-state index contributed by atoms with van der Waals surface area (Å²) in [5.41, 5.74) is 1.58. The van der Waals surface area contributed by atoms with Gasteiger partial charge in [-0.1, -0.05) is 24.5 Å². The third-order valence-electron chi connectivity index (χ3n) is 1.36. The Hall–Kier alpha value is -1.23. The molecule has 0 heterocycles. The van der Waals surface area contributed by atoms with E-state index in [9.17, 15) is 0 Å². The van der Waals surface area contributed by atoms with Crippen molar-refractivity contribution in [1.82, 2.24) is 0 Å². The summed E-state index contributed by atoms with van der Waals surface area (Å²) < 4.78 is 0. The van der Waals surface area contributed by atoms with Gasteiger partial charge in [0.05, 0.1) is 19.5 Å². The molecule has 1 aromatic carbocycles. The van der Waals surface area contributed by atoms with Gasteiger partial charge in [0.15, 0.2) is 0 Å². The summed E-state index contributed by atoms with van der Waals surface area (Å²) in [5.74, 6) is 0. The van der Waals surface area contributed by atoms with Crippen LogP contribution in [0.5, 0.6) is 0 Å². The molecule has 2 heteroatoms. The second-order valence-electron chi connectivity index (χ2n) is 1.97. The Kier molecular flexibility index (Phi) is 2.12. The highest BCUT2D eigenvalue weighted by Gasteiger charge is 1.94. The topological polar surface area (TPSA) is 23.8 Å². The fourth-order valence-corrected chi connectivity index (χ4v) is 0.807. The fourth-order valence-electron chi connectivity index (χ4n) is 0.807. The highest BCUT2D eigenvalue weighted by Crippen LogP contribution is 2.05. The molecule has 1 rings (SSSR count). The molecule has 10 heavy (non-hydrogen) atoms. The van der Waals surface area contributed by atoms with Crippen molar-refractivity contribution in [3.8, 4) is 6.07 Å². The van der Waals surface area contributed by atoms with Gasteiger partial charge in [0, 0.05) is 0 Å². The minimum Gasteiger partial charge on any atom is -0.192 e. The lowest BCUT2D eigenvalue weighted by Gasteiger charge is -1.96. The number of nitrogens with zero attached hydrogens (tertiary/aromatic N) is 1. The van der Waals surface area contributed by atoms with E-state index >= 15 is 0 Å². The summed E-state index contributed by atoms with van der Waals surface area (Å²) in [6, 6.07) is 9.40. The lowest BCUT2D eigenvalue weighted by atomic mass is 9.94. The Morgan fingerprint density at radius 1 is 1.40 bits per heavy atom. The van der Waals surface area contributed by atoms with Gasteiger partial charge >= 0.3 is 0 Å². The number of hydrogen-bond acceptors (Lipinski definition) is 1. The first kappa shape index (κ1) is 6.89. The lowest BCUT2D eigenvalue weighted by molar-refractivity contribution is 1.35. The first-order valence-corrected chi connectivity index (χ1v) is 3.06. The second kappa shape index (κ2) is 3.07. The van der Waals surface area contributed by atoms with Crippen LogP contribution in [0.2, 0.25) is 0 Å². The van der Waals surface area contributed by atoms with Crippen molar-refractivity contribution in [3.63, 3.8) is 0 Å². The van der Waals surface area contributed by atoms with Crippen LogP contribution in [0.3, 0.4) is 0 Å². The van der Waals surface area contributed by atoms with Gasteiger partial charge in [0.25, 0.3) is 0 Å². The monoisotopic (exact) mass is 127 g/mol. The number of nitriles is 1. The quantitative estimate of drug-likeness (QED) is 0.520. The number of rotatable bonds is 1. The van der Waals surface area contributed by atoms with Gasteiger partial charge in [-0.15, -0.1) is 0 Å². The Balaban J connectivity index is 3.12. The molecule has 0 aliphatic carbocycles. The fraction of sp³-hybridized carbons (Fsp3) is 0.125. The third kappa shape index (κ3) is 1.19. The van der Waals surface area contributed by atoms with Crippen LogP contribution in [0.15, 0.2) is 24.3 Å². The molecule has 0 saturated carbocycles. The molecular formula is C8H6BN. The maximum Gasteiger partial charge on any atom is 0.0994 e. The van der Waals surface area contributed by atoms with Gasteiger partial charge in [0.1, 0.15) is 0 Å². The lowest BCUT2D eigenvalue weighted by Crippen LogP contribution is -1.87. The number of benzene rings is 1. The van der Waals surface area contributed by atoms with Crippen molar-refractivity contribution in [3.05, 3.63) is 35.4 Å². The van der Waals surface area contributed by atoms with Crippen LogP contribution in [0.4, 0.5) is 0 Å². The normalized spacial score (nSPS) is 8.70. The third-order valence-corrected chi connectivity index (χ3v) is 1.36. The molecule has 0 spiro atoms. The van der Waals surface area contributed by atoms with E-state index < -0.39 is 0 Å².